The maximum atomic E-state index is 13.4. The molecule has 1 heterocycles. The Morgan fingerprint density at radius 1 is 1.25 bits per heavy atom. The Balaban J connectivity index is 2.37. The van der Waals surface area contributed by atoms with Crippen molar-refractivity contribution in [2.75, 3.05) is 5.32 Å². The highest BCUT2D eigenvalue weighted by Crippen LogP contribution is 2.27. The summed E-state index contributed by atoms with van der Waals surface area (Å²) in [5.41, 5.74) is 1.55. The SMILES string of the molecule is Cc1cc(F)c(Br)cc1Nc1cc(Cl)nc(C(C)C)n1. The number of nitrogens with one attached hydrogen (secondary N) is 1. The first-order valence-corrected chi connectivity index (χ1v) is 7.31. The van der Waals surface area contributed by atoms with Crippen molar-refractivity contribution in [3.8, 4) is 0 Å². The van der Waals surface area contributed by atoms with E-state index in [0.29, 0.717) is 21.3 Å². The molecule has 1 aromatic carbocycles. The fourth-order valence-corrected chi connectivity index (χ4v) is 2.21. The second-order valence-corrected chi connectivity index (χ2v) is 6.04. The molecule has 0 spiro atoms. The maximum absolute atomic E-state index is 13.4. The maximum Gasteiger partial charge on any atom is 0.137 e. The van der Waals surface area contributed by atoms with E-state index in [4.69, 9.17) is 11.6 Å². The van der Waals surface area contributed by atoms with Gasteiger partial charge in [-0.2, -0.15) is 0 Å². The molecule has 0 bridgehead atoms. The number of rotatable bonds is 3. The Morgan fingerprint density at radius 3 is 2.60 bits per heavy atom. The van der Waals surface area contributed by atoms with Gasteiger partial charge in [0.2, 0.25) is 0 Å². The fraction of sp³-hybridized carbons (Fsp3) is 0.286. The van der Waals surface area contributed by atoms with Gasteiger partial charge < -0.3 is 5.32 Å². The summed E-state index contributed by atoms with van der Waals surface area (Å²) < 4.78 is 13.8. The summed E-state index contributed by atoms with van der Waals surface area (Å²) in [6.45, 7) is 5.81. The Hall–Kier alpha value is -1.20. The largest absolute Gasteiger partial charge is 0.340 e. The summed E-state index contributed by atoms with van der Waals surface area (Å²) >= 11 is 9.17. The molecule has 106 valence electrons. The van der Waals surface area contributed by atoms with E-state index < -0.39 is 0 Å². The van der Waals surface area contributed by atoms with Crippen molar-refractivity contribution >= 4 is 39.0 Å². The van der Waals surface area contributed by atoms with E-state index >= 15 is 0 Å². The summed E-state index contributed by atoms with van der Waals surface area (Å²) in [6.07, 6.45) is 0. The summed E-state index contributed by atoms with van der Waals surface area (Å²) in [4.78, 5) is 8.58. The van der Waals surface area contributed by atoms with Gasteiger partial charge in [-0.25, -0.2) is 14.4 Å². The van der Waals surface area contributed by atoms with Crippen LogP contribution < -0.4 is 5.32 Å². The Labute approximate surface area is 130 Å². The zero-order chi connectivity index (χ0) is 14.9. The molecule has 0 aliphatic rings. The number of hydrogen-bond donors (Lipinski definition) is 1. The topological polar surface area (TPSA) is 37.8 Å². The predicted molar refractivity (Wildman–Crippen MR) is 83.3 cm³/mol. The first kappa shape index (κ1) is 15.2. The van der Waals surface area contributed by atoms with E-state index in [1.807, 2.05) is 20.8 Å². The average molecular weight is 359 g/mol. The number of hydrogen-bond acceptors (Lipinski definition) is 3. The number of aryl methyl sites for hydroxylation is 1. The van der Waals surface area contributed by atoms with Crippen molar-refractivity contribution in [3.63, 3.8) is 0 Å². The predicted octanol–water partition coefficient (Wildman–Crippen LogP) is 5.21. The first-order chi connectivity index (χ1) is 9.36. The minimum atomic E-state index is -0.295. The van der Waals surface area contributed by atoms with Crippen molar-refractivity contribution in [1.29, 1.82) is 0 Å². The molecule has 0 fully saturated rings. The third-order valence-corrected chi connectivity index (χ3v) is 3.56. The highest BCUT2D eigenvalue weighted by molar-refractivity contribution is 9.10. The van der Waals surface area contributed by atoms with Gasteiger partial charge in [0.1, 0.15) is 22.6 Å². The zero-order valence-corrected chi connectivity index (χ0v) is 13.7. The molecule has 0 unspecified atom stereocenters. The van der Waals surface area contributed by atoms with E-state index in [0.717, 1.165) is 11.3 Å². The molecule has 1 N–H and O–H groups in total. The van der Waals surface area contributed by atoms with Crippen molar-refractivity contribution in [3.05, 3.63) is 45.0 Å². The number of halogens is 3. The van der Waals surface area contributed by atoms with Crippen LogP contribution in [0, 0.1) is 12.7 Å². The molecule has 0 amide bonds. The lowest BCUT2D eigenvalue weighted by Gasteiger charge is -2.12. The van der Waals surface area contributed by atoms with Crippen molar-refractivity contribution in [1.82, 2.24) is 9.97 Å². The zero-order valence-electron chi connectivity index (χ0n) is 11.3. The van der Waals surface area contributed by atoms with Crippen molar-refractivity contribution in [2.45, 2.75) is 26.7 Å². The van der Waals surface area contributed by atoms with Crippen LogP contribution in [0.3, 0.4) is 0 Å². The second kappa shape index (κ2) is 6.06. The minimum Gasteiger partial charge on any atom is -0.340 e. The summed E-state index contributed by atoms with van der Waals surface area (Å²) in [6, 6.07) is 4.78. The van der Waals surface area contributed by atoms with Crippen LogP contribution in [-0.4, -0.2) is 9.97 Å². The lowest BCUT2D eigenvalue weighted by molar-refractivity contribution is 0.620. The number of anilines is 2. The highest BCUT2D eigenvalue weighted by atomic mass is 79.9. The summed E-state index contributed by atoms with van der Waals surface area (Å²) in [5.74, 6) is 1.14. The van der Waals surface area contributed by atoms with Crippen LogP contribution in [0.25, 0.3) is 0 Å². The van der Waals surface area contributed by atoms with E-state index in [9.17, 15) is 4.39 Å². The molecule has 0 aliphatic heterocycles. The van der Waals surface area contributed by atoms with Gasteiger partial charge in [0.05, 0.1) is 4.47 Å². The van der Waals surface area contributed by atoms with Gasteiger partial charge in [-0.15, -0.1) is 0 Å². The molecule has 0 aliphatic carbocycles. The van der Waals surface area contributed by atoms with Crippen LogP contribution in [0.15, 0.2) is 22.7 Å². The molecule has 2 aromatic rings. The lowest BCUT2D eigenvalue weighted by atomic mass is 10.2. The molecule has 20 heavy (non-hydrogen) atoms. The number of aromatic nitrogens is 2. The van der Waals surface area contributed by atoms with Gasteiger partial charge in [0.25, 0.3) is 0 Å². The standard InChI is InChI=1S/C14H14BrClFN3/c1-7(2)14-19-12(16)6-13(20-14)18-11-5-9(15)10(17)4-8(11)3/h4-7H,1-3H3,(H,18,19,20). The Morgan fingerprint density at radius 2 is 1.95 bits per heavy atom. The van der Waals surface area contributed by atoms with Gasteiger partial charge in [0.15, 0.2) is 0 Å². The normalized spacial score (nSPS) is 10.9. The second-order valence-electron chi connectivity index (χ2n) is 4.80. The van der Waals surface area contributed by atoms with Crippen LogP contribution in [0.1, 0.15) is 31.2 Å². The molecule has 2 rings (SSSR count). The molecule has 0 radical (unpaired) electrons. The molecule has 1 aromatic heterocycles. The molecular weight excluding hydrogens is 345 g/mol. The van der Waals surface area contributed by atoms with E-state index in [2.05, 4.69) is 31.2 Å². The van der Waals surface area contributed by atoms with Gasteiger partial charge in [-0.1, -0.05) is 25.4 Å². The van der Waals surface area contributed by atoms with Crippen molar-refractivity contribution < 1.29 is 4.39 Å². The molecule has 0 saturated carbocycles. The van der Waals surface area contributed by atoms with Gasteiger partial charge in [-0.3, -0.25) is 0 Å². The van der Waals surface area contributed by atoms with E-state index in [-0.39, 0.29) is 11.7 Å². The van der Waals surface area contributed by atoms with Gasteiger partial charge >= 0.3 is 0 Å². The van der Waals surface area contributed by atoms with Crippen LogP contribution >= 0.6 is 27.5 Å². The molecule has 0 atom stereocenters. The molecule has 0 saturated heterocycles. The van der Waals surface area contributed by atoms with Crippen molar-refractivity contribution in [2.24, 2.45) is 0 Å². The minimum absolute atomic E-state index is 0.176. The number of benzene rings is 1. The Bertz CT molecular complexity index is 647. The van der Waals surface area contributed by atoms with Gasteiger partial charge in [-0.05, 0) is 40.5 Å². The molecular formula is C14H14BrClFN3. The third-order valence-electron chi connectivity index (χ3n) is 2.76. The third kappa shape index (κ3) is 3.46. The van der Waals surface area contributed by atoms with Crippen LogP contribution in [0.2, 0.25) is 5.15 Å². The monoisotopic (exact) mass is 357 g/mol. The molecule has 6 heteroatoms. The van der Waals surface area contributed by atoms with Crippen LogP contribution in [0.5, 0.6) is 0 Å². The van der Waals surface area contributed by atoms with E-state index in [1.54, 1.807) is 12.1 Å². The Kier molecular flexibility index (Phi) is 4.60. The number of nitrogens with zero attached hydrogens (tertiary/aromatic N) is 2. The quantitative estimate of drug-likeness (QED) is 0.766. The molecule has 3 nitrogen and oxygen atoms in total. The first-order valence-electron chi connectivity index (χ1n) is 6.14. The lowest BCUT2D eigenvalue weighted by Crippen LogP contribution is -2.03. The van der Waals surface area contributed by atoms with Crippen LogP contribution in [0.4, 0.5) is 15.9 Å². The fourth-order valence-electron chi connectivity index (χ4n) is 1.68. The summed E-state index contributed by atoms with van der Waals surface area (Å²) in [7, 11) is 0. The highest BCUT2D eigenvalue weighted by Gasteiger charge is 2.10. The smallest absolute Gasteiger partial charge is 0.137 e. The summed E-state index contributed by atoms with van der Waals surface area (Å²) in [5, 5.41) is 3.52. The van der Waals surface area contributed by atoms with E-state index in [1.165, 1.54) is 6.07 Å². The van der Waals surface area contributed by atoms with Gasteiger partial charge in [0, 0.05) is 17.7 Å². The van der Waals surface area contributed by atoms with Crippen LogP contribution in [-0.2, 0) is 0 Å². The average Bonchev–Trinajstić information content (AvgIpc) is 2.35.